The van der Waals surface area contributed by atoms with E-state index < -0.39 is 5.97 Å². The van der Waals surface area contributed by atoms with Gasteiger partial charge in [0.05, 0.1) is 0 Å². The predicted molar refractivity (Wildman–Crippen MR) is 75.5 cm³/mol. The number of benzene rings is 1. The van der Waals surface area contributed by atoms with E-state index in [9.17, 15) is 4.79 Å². The molecule has 3 heteroatoms. The Balaban J connectivity index is 2.61. The molecule has 0 heterocycles. The second-order valence-electron chi connectivity index (χ2n) is 4.53. The molecule has 0 amide bonds. The number of nitriles is 1. The number of nitrogens with zero attached hydrogens (tertiary/aromatic N) is 1. The minimum absolute atomic E-state index is 0.240. The molecular formula is C16H19NO2. The predicted octanol–water partition coefficient (Wildman–Crippen LogP) is 3.80. The van der Waals surface area contributed by atoms with Gasteiger partial charge < -0.3 is 5.11 Å². The van der Waals surface area contributed by atoms with Gasteiger partial charge in [-0.15, -0.1) is 0 Å². The molecular weight excluding hydrogens is 238 g/mol. The molecule has 0 bridgehead atoms. The van der Waals surface area contributed by atoms with Crippen LogP contribution in [0.3, 0.4) is 0 Å². The second kappa shape index (κ2) is 8.10. The van der Waals surface area contributed by atoms with Crippen molar-refractivity contribution in [2.75, 3.05) is 0 Å². The van der Waals surface area contributed by atoms with Crippen LogP contribution in [0.2, 0.25) is 0 Å². The zero-order chi connectivity index (χ0) is 14.1. The third-order valence-electron chi connectivity index (χ3n) is 2.96. The molecule has 0 atom stereocenters. The normalized spacial score (nSPS) is 11.1. The van der Waals surface area contributed by atoms with Crippen LogP contribution in [-0.4, -0.2) is 11.1 Å². The second-order valence-corrected chi connectivity index (χ2v) is 4.53. The van der Waals surface area contributed by atoms with Crippen LogP contribution in [0.4, 0.5) is 0 Å². The topological polar surface area (TPSA) is 61.1 Å². The van der Waals surface area contributed by atoms with Crippen molar-refractivity contribution in [2.24, 2.45) is 0 Å². The highest BCUT2D eigenvalue weighted by Crippen LogP contribution is 2.12. The number of carbonyl (C=O) groups is 1. The molecule has 0 aliphatic carbocycles. The van der Waals surface area contributed by atoms with E-state index >= 15 is 0 Å². The third-order valence-corrected chi connectivity index (χ3v) is 2.96. The summed E-state index contributed by atoms with van der Waals surface area (Å²) in [6, 6.07) is 9.38. The number of carboxylic acids is 1. The maximum Gasteiger partial charge on any atom is 0.346 e. The van der Waals surface area contributed by atoms with Crippen molar-refractivity contribution >= 4 is 12.0 Å². The minimum Gasteiger partial charge on any atom is -0.477 e. The zero-order valence-electron chi connectivity index (χ0n) is 11.2. The molecule has 0 fully saturated rings. The molecule has 3 nitrogen and oxygen atoms in total. The van der Waals surface area contributed by atoms with E-state index in [0.29, 0.717) is 0 Å². The first-order valence-electron chi connectivity index (χ1n) is 6.61. The van der Waals surface area contributed by atoms with Crippen LogP contribution in [0.5, 0.6) is 0 Å². The van der Waals surface area contributed by atoms with Gasteiger partial charge in [0.15, 0.2) is 0 Å². The monoisotopic (exact) mass is 257 g/mol. The highest BCUT2D eigenvalue weighted by molar-refractivity contribution is 5.96. The van der Waals surface area contributed by atoms with Gasteiger partial charge in [-0.25, -0.2) is 4.79 Å². The van der Waals surface area contributed by atoms with Crippen molar-refractivity contribution in [3.05, 3.63) is 41.0 Å². The Morgan fingerprint density at radius 2 is 1.95 bits per heavy atom. The summed E-state index contributed by atoms with van der Waals surface area (Å²) >= 11 is 0. The SMILES string of the molecule is CCCCCCc1ccc(C=C(C#N)C(=O)O)cc1. The van der Waals surface area contributed by atoms with Crippen molar-refractivity contribution in [3.63, 3.8) is 0 Å². The lowest BCUT2D eigenvalue weighted by Gasteiger charge is -2.02. The molecule has 0 saturated carbocycles. The van der Waals surface area contributed by atoms with Gasteiger partial charge >= 0.3 is 5.97 Å². The molecule has 1 N–H and O–H groups in total. The Hall–Kier alpha value is -2.08. The number of hydrogen-bond acceptors (Lipinski definition) is 2. The van der Waals surface area contributed by atoms with Gasteiger partial charge in [0.2, 0.25) is 0 Å². The lowest BCUT2D eigenvalue weighted by Crippen LogP contribution is -1.97. The van der Waals surface area contributed by atoms with Crippen molar-refractivity contribution < 1.29 is 9.90 Å². The van der Waals surface area contributed by atoms with E-state index in [-0.39, 0.29) is 5.57 Å². The first-order chi connectivity index (χ1) is 9.17. The number of unbranched alkanes of at least 4 members (excludes halogenated alkanes) is 3. The Morgan fingerprint density at radius 3 is 2.47 bits per heavy atom. The van der Waals surface area contributed by atoms with Crippen LogP contribution < -0.4 is 0 Å². The van der Waals surface area contributed by atoms with Crippen LogP contribution in [0.1, 0.15) is 43.7 Å². The van der Waals surface area contributed by atoms with Gasteiger partial charge in [-0.3, -0.25) is 0 Å². The summed E-state index contributed by atoms with van der Waals surface area (Å²) in [4.78, 5) is 10.7. The summed E-state index contributed by atoms with van der Waals surface area (Å²) in [5, 5.41) is 17.4. The third kappa shape index (κ3) is 5.39. The number of hydrogen-bond donors (Lipinski definition) is 1. The molecule has 0 saturated heterocycles. The van der Waals surface area contributed by atoms with E-state index in [1.165, 1.54) is 37.3 Å². The van der Waals surface area contributed by atoms with Gasteiger partial charge in [0, 0.05) is 0 Å². The summed E-state index contributed by atoms with van der Waals surface area (Å²) in [6.07, 6.45) is 7.37. The summed E-state index contributed by atoms with van der Waals surface area (Å²) < 4.78 is 0. The van der Waals surface area contributed by atoms with Gasteiger partial charge in [-0.2, -0.15) is 5.26 Å². The van der Waals surface area contributed by atoms with Crippen LogP contribution >= 0.6 is 0 Å². The van der Waals surface area contributed by atoms with Crippen LogP contribution in [0.25, 0.3) is 6.08 Å². The first-order valence-corrected chi connectivity index (χ1v) is 6.61. The number of rotatable bonds is 7. The average molecular weight is 257 g/mol. The highest BCUT2D eigenvalue weighted by atomic mass is 16.4. The van der Waals surface area contributed by atoms with Gasteiger partial charge in [0.1, 0.15) is 11.6 Å². The largest absolute Gasteiger partial charge is 0.477 e. The average Bonchev–Trinajstić information content (AvgIpc) is 2.42. The summed E-state index contributed by atoms with van der Waals surface area (Å²) in [5.74, 6) is -1.19. The highest BCUT2D eigenvalue weighted by Gasteiger charge is 2.05. The molecule has 0 spiro atoms. The van der Waals surface area contributed by atoms with Crippen molar-refractivity contribution in [3.8, 4) is 6.07 Å². The molecule has 19 heavy (non-hydrogen) atoms. The Morgan fingerprint density at radius 1 is 1.26 bits per heavy atom. The summed E-state index contributed by atoms with van der Waals surface area (Å²) in [7, 11) is 0. The standard InChI is InChI=1S/C16H19NO2/c1-2-3-4-5-6-13-7-9-14(10-8-13)11-15(12-17)16(18)19/h7-11H,2-6H2,1H3,(H,18,19). The first kappa shape index (κ1) is 15.0. The van der Waals surface area contributed by atoms with Crippen molar-refractivity contribution in [1.82, 2.24) is 0 Å². The summed E-state index contributed by atoms with van der Waals surface area (Å²) in [5.41, 5.74) is 1.76. The molecule has 100 valence electrons. The van der Waals surface area contributed by atoms with Gasteiger partial charge in [0.25, 0.3) is 0 Å². The fourth-order valence-corrected chi connectivity index (χ4v) is 1.84. The minimum atomic E-state index is -1.19. The molecule has 1 aromatic rings. The Bertz CT molecular complexity index is 480. The van der Waals surface area contributed by atoms with Gasteiger partial charge in [-0.05, 0) is 30.0 Å². The zero-order valence-corrected chi connectivity index (χ0v) is 11.2. The number of aryl methyl sites for hydroxylation is 1. The molecule has 0 radical (unpaired) electrons. The maximum absolute atomic E-state index is 10.7. The molecule has 0 aliphatic rings. The lowest BCUT2D eigenvalue weighted by molar-refractivity contribution is -0.132. The molecule has 1 aromatic carbocycles. The van der Waals surface area contributed by atoms with E-state index in [2.05, 4.69) is 6.92 Å². The fourth-order valence-electron chi connectivity index (χ4n) is 1.84. The van der Waals surface area contributed by atoms with Crippen molar-refractivity contribution in [2.45, 2.75) is 39.0 Å². The molecule has 0 unspecified atom stereocenters. The van der Waals surface area contributed by atoms with Crippen LogP contribution in [-0.2, 0) is 11.2 Å². The lowest BCUT2D eigenvalue weighted by atomic mass is 10.0. The Kier molecular flexibility index (Phi) is 6.38. The van der Waals surface area contributed by atoms with Crippen LogP contribution in [0, 0.1) is 11.3 Å². The smallest absolute Gasteiger partial charge is 0.346 e. The molecule has 0 aromatic heterocycles. The van der Waals surface area contributed by atoms with Crippen molar-refractivity contribution in [1.29, 1.82) is 5.26 Å². The van der Waals surface area contributed by atoms with E-state index in [4.69, 9.17) is 10.4 Å². The van der Waals surface area contributed by atoms with E-state index in [1.54, 1.807) is 6.07 Å². The quantitative estimate of drug-likeness (QED) is 0.459. The van der Waals surface area contributed by atoms with E-state index in [0.717, 1.165) is 12.0 Å². The molecule has 0 aliphatic heterocycles. The van der Waals surface area contributed by atoms with E-state index in [1.807, 2.05) is 24.3 Å². The Labute approximate surface area is 114 Å². The fraction of sp³-hybridized carbons (Fsp3) is 0.375. The number of aliphatic carboxylic acids is 1. The molecule has 1 rings (SSSR count). The van der Waals surface area contributed by atoms with Gasteiger partial charge in [-0.1, -0.05) is 50.5 Å². The van der Waals surface area contributed by atoms with Crippen LogP contribution in [0.15, 0.2) is 29.8 Å². The number of carboxylic acid groups (broad SMARTS) is 1. The maximum atomic E-state index is 10.7. The summed E-state index contributed by atoms with van der Waals surface area (Å²) in [6.45, 7) is 2.19.